The lowest BCUT2D eigenvalue weighted by Crippen LogP contribution is -2.30. The second-order valence-corrected chi connectivity index (χ2v) is 6.75. The van der Waals surface area contributed by atoms with Crippen molar-refractivity contribution in [2.75, 3.05) is 20.6 Å². The van der Waals surface area contributed by atoms with Gasteiger partial charge < -0.3 is 14.7 Å². The molecule has 3 rings (SSSR count). The minimum absolute atomic E-state index is 0.338. The molecule has 1 N–H and O–H groups in total. The molecule has 0 unspecified atom stereocenters. The van der Waals surface area contributed by atoms with Crippen molar-refractivity contribution >= 4 is 22.7 Å². The Morgan fingerprint density at radius 3 is 2.73 bits per heavy atom. The summed E-state index contributed by atoms with van der Waals surface area (Å²) in [6.45, 7) is 1.41. The van der Waals surface area contributed by atoms with Gasteiger partial charge in [-0.3, -0.25) is 0 Å². The Kier molecular flexibility index (Phi) is 4.99. The van der Waals surface area contributed by atoms with Gasteiger partial charge in [0, 0.05) is 23.5 Å². The Morgan fingerprint density at radius 2 is 2.05 bits per heavy atom. The van der Waals surface area contributed by atoms with Crippen LogP contribution < -0.4 is 5.32 Å². The maximum Gasteiger partial charge on any atom is 0.240 e. The van der Waals surface area contributed by atoms with Gasteiger partial charge in [0.25, 0.3) is 0 Å². The molecule has 3 heterocycles. The average molecular weight is 334 g/mol. The molecule has 116 valence electrons. The lowest BCUT2D eigenvalue weighted by molar-refractivity contribution is 0.282. The molecule has 0 bridgehead atoms. The summed E-state index contributed by atoms with van der Waals surface area (Å²) in [6, 6.07) is 4.49. The molecule has 0 amide bonds. The summed E-state index contributed by atoms with van der Waals surface area (Å²) in [4.78, 5) is 6.62. The Balaban J connectivity index is 1.56. The fraction of sp³-hybridized carbons (Fsp3) is 0.333. The SMILES string of the molecule is CN(C)[C@H](CNCc1nc(-c2ccsc2)no1)c1ccsc1. The smallest absolute Gasteiger partial charge is 0.240 e. The van der Waals surface area contributed by atoms with Crippen LogP contribution in [0.3, 0.4) is 0 Å². The van der Waals surface area contributed by atoms with E-state index in [9.17, 15) is 0 Å². The van der Waals surface area contributed by atoms with Crippen LogP contribution in [0, 0.1) is 0 Å². The summed E-state index contributed by atoms with van der Waals surface area (Å²) in [5.74, 6) is 1.27. The molecule has 3 aromatic rings. The van der Waals surface area contributed by atoms with E-state index in [-0.39, 0.29) is 0 Å². The number of thiophene rings is 2. The van der Waals surface area contributed by atoms with Crippen molar-refractivity contribution < 1.29 is 4.52 Å². The minimum atomic E-state index is 0.338. The summed E-state index contributed by atoms with van der Waals surface area (Å²) in [7, 11) is 4.18. The lowest BCUT2D eigenvalue weighted by atomic mass is 10.1. The van der Waals surface area contributed by atoms with Gasteiger partial charge in [0.1, 0.15) is 0 Å². The molecule has 5 nitrogen and oxygen atoms in total. The van der Waals surface area contributed by atoms with Gasteiger partial charge in [0.15, 0.2) is 0 Å². The van der Waals surface area contributed by atoms with Crippen LogP contribution in [0.2, 0.25) is 0 Å². The van der Waals surface area contributed by atoms with Crippen molar-refractivity contribution in [3.05, 3.63) is 45.1 Å². The lowest BCUT2D eigenvalue weighted by Gasteiger charge is -2.23. The highest BCUT2D eigenvalue weighted by atomic mass is 32.1. The molecule has 3 aromatic heterocycles. The van der Waals surface area contributed by atoms with Crippen LogP contribution in [0.1, 0.15) is 17.5 Å². The van der Waals surface area contributed by atoms with Gasteiger partial charge in [-0.2, -0.15) is 27.7 Å². The van der Waals surface area contributed by atoms with E-state index in [1.165, 1.54) is 5.56 Å². The van der Waals surface area contributed by atoms with E-state index in [1.54, 1.807) is 22.7 Å². The molecule has 0 aliphatic carbocycles. The molecule has 0 radical (unpaired) electrons. The zero-order valence-electron chi connectivity index (χ0n) is 12.5. The maximum absolute atomic E-state index is 5.29. The van der Waals surface area contributed by atoms with Crippen molar-refractivity contribution in [3.63, 3.8) is 0 Å². The number of aromatic nitrogens is 2. The second-order valence-electron chi connectivity index (χ2n) is 5.19. The van der Waals surface area contributed by atoms with Crippen molar-refractivity contribution in [1.29, 1.82) is 0 Å². The van der Waals surface area contributed by atoms with Gasteiger partial charge in [0.2, 0.25) is 11.7 Å². The molecule has 0 aliphatic heterocycles. The Morgan fingerprint density at radius 1 is 1.23 bits per heavy atom. The Hall–Kier alpha value is -1.54. The second kappa shape index (κ2) is 7.15. The number of hydrogen-bond acceptors (Lipinski definition) is 7. The maximum atomic E-state index is 5.29. The Bertz CT molecular complexity index is 676. The van der Waals surface area contributed by atoms with Gasteiger partial charge >= 0.3 is 0 Å². The van der Waals surface area contributed by atoms with Crippen molar-refractivity contribution in [2.24, 2.45) is 0 Å². The zero-order chi connectivity index (χ0) is 15.4. The predicted octanol–water partition coefficient (Wildman–Crippen LogP) is 3.25. The first-order chi connectivity index (χ1) is 10.7. The topological polar surface area (TPSA) is 54.2 Å². The molecule has 22 heavy (non-hydrogen) atoms. The zero-order valence-corrected chi connectivity index (χ0v) is 14.2. The normalized spacial score (nSPS) is 12.9. The van der Waals surface area contributed by atoms with E-state index in [0.717, 1.165) is 12.1 Å². The van der Waals surface area contributed by atoms with Crippen molar-refractivity contribution in [3.8, 4) is 11.4 Å². The number of nitrogens with zero attached hydrogens (tertiary/aromatic N) is 3. The van der Waals surface area contributed by atoms with E-state index in [2.05, 4.69) is 51.3 Å². The summed E-state index contributed by atoms with van der Waals surface area (Å²) >= 11 is 3.35. The van der Waals surface area contributed by atoms with Crippen molar-refractivity contribution in [1.82, 2.24) is 20.4 Å². The van der Waals surface area contributed by atoms with Crippen LogP contribution in [-0.2, 0) is 6.54 Å². The molecule has 1 atom stereocenters. The molecule has 0 saturated carbocycles. The van der Waals surface area contributed by atoms with Gasteiger partial charge in [0.05, 0.1) is 6.54 Å². The fourth-order valence-electron chi connectivity index (χ4n) is 2.21. The quantitative estimate of drug-likeness (QED) is 0.719. The number of hydrogen-bond donors (Lipinski definition) is 1. The van der Waals surface area contributed by atoms with Crippen molar-refractivity contribution in [2.45, 2.75) is 12.6 Å². The largest absolute Gasteiger partial charge is 0.338 e. The molecular formula is C15H18N4OS2. The van der Waals surface area contributed by atoms with E-state index in [0.29, 0.717) is 24.3 Å². The summed E-state index contributed by atoms with van der Waals surface area (Å²) in [6.07, 6.45) is 0. The first-order valence-corrected chi connectivity index (χ1v) is 8.87. The molecule has 0 spiro atoms. The van der Waals surface area contributed by atoms with Crippen LogP contribution in [-0.4, -0.2) is 35.7 Å². The number of likely N-dealkylation sites (N-methyl/N-ethyl adjacent to an activating group) is 1. The van der Waals surface area contributed by atoms with Gasteiger partial charge in [-0.25, -0.2) is 0 Å². The van der Waals surface area contributed by atoms with E-state index in [1.807, 2.05) is 16.8 Å². The van der Waals surface area contributed by atoms with Crippen LogP contribution in [0.15, 0.2) is 38.2 Å². The standard InChI is InChI=1S/C15H18N4OS2/c1-19(2)13(11-3-5-21-9-11)7-16-8-14-17-15(18-20-14)12-4-6-22-10-12/h3-6,9-10,13,16H,7-8H2,1-2H3/t13-/m1/s1. The summed E-state index contributed by atoms with van der Waals surface area (Å²) in [5.41, 5.74) is 2.33. The minimum Gasteiger partial charge on any atom is -0.338 e. The molecule has 7 heteroatoms. The number of nitrogens with one attached hydrogen (secondary N) is 1. The third kappa shape index (κ3) is 3.61. The summed E-state index contributed by atoms with van der Waals surface area (Å²) < 4.78 is 5.29. The van der Waals surface area contributed by atoms with E-state index in [4.69, 9.17) is 4.52 Å². The first kappa shape index (κ1) is 15.4. The fourth-order valence-corrected chi connectivity index (χ4v) is 3.56. The van der Waals surface area contributed by atoms with Crippen LogP contribution >= 0.6 is 22.7 Å². The highest BCUT2D eigenvalue weighted by Crippen LogP contribution is 2.21. The van der Waals surface area contributed by atoms with Gasteiger partial charge in [-0.15, -0.1) is 0 Å². The van der Waals surface area contributed by atoms with E-state index >= 15 is 0 Å². The van der Waals surface area contributed by atoms with Crippen LogP contribution in [0.5, 0.6) is 0 Å². The van der Waals surface area contributed by atoms with Gasteiger partial charge in [-0.1, -0.05) is 5.16 Å². The van der Waals surface area contributed by atoms with Crippen LogP contribution in [0.25, 0.3) is 11.4 Å². The first-order valence-electron chi connectivity index (χ1n) is 6.98. The molecule has 0 fully saturated rings. The third-order valence-corrected chi connectivity index (χ3v) is 4.80. The van der Waals surface area contributed by atoms with Gasteiger partial charge in [-0.05, 0) is 47.9 Å². The third-order valence-electron chi connectivity index (χ3n) is 3.41. The highest BCUT2D eigenvalue weighted by Gasteiger charge is 2.15. The molecule has 0 aromatic carbocycles. The predicted molar refractivity (Wildman–Crippen MR) is 90.1 cm³/mol. The summed E-state index contributed by atoms with van der Waals surface area (Å²) in [5, 5.41) is 15.7. The average Bonchev–Trinajstić information content (AvgIpc) is 3.23. The number of rotatable bonds is 7. The monoisotopic (exact) mass is 334 g/mol. The molecule has 0 saturated heterocycles. The van der Waals surface area contributed by atoms with E-state index < -0.39 is 0 Å². The van der Waals surface area contributed by atoms with Crippen LogP contribution in [0.4, 0.5) is 0 Å². The molecule has 0 aliphatic rings. The highest BCUT2D eigenvalue weighted by molar-refractivity contribution is 7.08. The molecular weight excluding hydrogens is 316 g/mol. The Labute approximate surface area is 137 Å².